The van der Waals surface area contributed by atoms with Gasteiger partial charge in [-0.1, -0.05) is 6.92 Å². The molecule has 0 atom stereocenters. The van der Waals surface area contributed by atoms with Crippen molar-refractivity contribution in [1.29, 1.82) is 0 Å². The highest BCUT2D eigenvalue weighted by Gasteiger charge is 2.18. The predicted molar refractivity (Wildman–Crippen MR) is 69.7 cm³/mol. The number of aromatic amines is 1. The molecule has 1 aliphatic carbocycles. The van der Waals surface area contributed by atoms with Crippen molar-refractivity contribution in [3.8, 4) is 0 Å². The van der Waals surface area contributed by atoms with E-state index in [1.807, 2.05) is 13.8 Å². The summed E-state index contributed by atoms with van der Waals surface area (Å²) in [7, 11) is 0. The van der Waals surface area contributed by atoms with E-state index in [9.17, 15) is 4.79 Å². The fraction of sp³-hybridized carbons (Fsp3) is 0.400. The number of aromatic nitrogens is 1. The van der Waals surface area contributed by atoms with Crippen LogP contribution in [0.15, 0.2) is 12.1 Å². The molecule has 17 heavy (non-hydrogen) atoms. The number of rotatable bonds is 2. The van der Waals surface area contributed by atoms with Crippen molar-refractivity contribution >= 4 is 16.7 Å². The van der Waals surface area contributed by atoms with Crippen molar-refractivity contribution < 1.29 is 4.79 Å². The Bertz CT molecular complexity index is 607. The first-order valence-corrected chi connectivity index (χ1v) is 6.38. The summed E-state index contributed by atoms with van der Waals surface area (Å²) in [5, 5.41) is 1.12. The van der Waals surface area contributed by atoms with Crippen molar-refractivity contribution in [1.82, 2.24) is 4.98 Å². The highest BCUT2D eigenvalue weighted by atomic mass is 16.1. The summed E-state index contributed by atoms with van der Waals surface area (Å²) in [6.07, 6.45) is 4.17. The molecule has 0 saturated carbocycles. The molecule has 0 spiro atoms. The van der Waals surface area contributed by atoms with Crippen LogP contribution < -0.4 is 0 Å². The quantitative estimate of drug-likeness (QED) is 0.782. The number of H-pyrrole nitrogens is 1. The number of aryl methyl sites for hydroxylation is 3. The number of carbonyl (C=O) groups is 1. The smallest absolute Gasteiger partial charge is 0.165 e. The Balaban J connectivity index is 2.29. The van der Waals surface area contributed by atoms with Gasteiger partial charge in [-0.3, -0.25) is 4.79 Å². The molecule has 88 valence electrons. The molecular weight excluding hydrogens is 210 g/mol. The van der Waals surface area contributed by atoms with E-state index in [1.54, 1.807) is 0 Å². The topological polar surface area (TPSA) is 32.9 Å². The second kappa shape index (κ2) is 3.73. The Hall–Kier alpha value is -1.57. The van der Waals surface area contributed by atoms with E-state index in [4.69, 9.17) is 0 Å². The third-order valence-corrected chi connectivity index (χ3v) is 3.80. The van der Waals surface area contributed by atoms with Gasteiger partial charge in [0.2, 0.25) is 0 Å². The van der Waals surface area contributed by atoms with Gasteiger partial charge in [0.05, 0.1) is 0 Å². The molecule has 2 heteroatoms. The average Bonchev–Trinajstić information content (AvgIpc) is 2.87. The zero-order valence-corrected chi connectivity index (χ0v) is 10.4. The molecule has 1 aromatic carbocycles. The molecule has 1 aliphatic rings. The number of carbonyl (C=O) groups excluding carboxylic acids is 1. The van der Waals surface area contributed by atoms with Crippen LogP contribution in [0.2, 0.25) is 0 Å². The molecule has 0 radical (unpaired) electrons. The molecule has 1 aromatic heterocycles. The number of Topliss-reactive ketones (excluding diaryl/α,β-unsaturated/α-hetero) is 1. The summed E-state index contributed by atoms with van der Waals surface area (Å²) in [5.74, 6) is 0.242. The van der Waals surface area contributed by atoms with Crippen LogP contribution in [0.25, 0.3) is 10.9 Å². The van der Waals surface area contributed by atoms with Crippen LogP contribution in [-0.2, 0) is 12.8 Å². The maximum absolute atomic E-state index is 12.0. The molecule has 3 rings (SSSR count). The van der Waals surface area contributed by atoms with E-state index in [-0.39, 0.29) is 5.78 Å². The van der Waals surface area contributed by atoms with Crippen LogP contribution >= 0.6 is 0 Å². The predicted octanol–water partition coefficient (Wildman–Crippen LogP) is 3.56. The number of ketones is 1. The molecule has 0 amide bonds. The number of benzene rings is 1. The third kappa shape index (κ3) is 1.51. The van der Waals surface area contributed by atoms with Gasteiger partial charge in [0.15, 0.2) is 5.78 Å². The summed E-state index contributed by atoms with van der Waals surface area (Å²) < 4.78 is 0. The lowest BCUT2D eigenvalue weighted by Crippen LogP contribution is -1.97. The number of hydrogen-bond acceptors (Lipinski definition) is 1. The Morgan fingerprint density at radius 1 is 1.29 bits per heavy atom. The Kier molecular flexibility index (Phi) is 2.32. The van der Waals surface area contributed by atoms with Gasteiger partial charge in [-0.15, -0.1) is 0 Å². The standard InChI is InChI=1S/C15H17NO/c1-3-14(17)15-9(2)16-13-8-11-6-4-5-10(11)7-12(13)15/h7-8,16H,3-6H2,1-2H3. The average molecular weight is 227 g/mol. The minimum Gasteiger partial charge on any atom is -0.358 e. The number of fused-ring (bicyclic) bond motifs is 2. The van der Waals surface area contributed by atoms with Crippen LogP contribution in [0.5, 0.6) is 0 Å². The van der Waals surface area contributed by atoms with Gasteiger partial charge < -0.3 is 4.98 Å². The molecule has 1 N–H and O–H groups in total. The highest BCUT2D eigenvalue weighted by Crippen LogP contribution is 2.30. The van der Waals surface area contributed by atoms with Crippen molar-refractivity contribution in [3.63, 3.8) is 0 Å². The number of hydrogen-bond donors (Lipinski definition) is 1. The normalized spacial score (nSPS) is 14.2. The molecule has 2 nitrogen and oxygen atoms in total. The van der Waals surface area contributed by atoms with E-state index < -0.39 is 0 Å². The first kappa shape index (κ1) is 10.6. The molecule has 2 aromatic rings. The molecule has 1 heterocycles. The summed E-state index contributed by atoms with van der Waals surface area (Å²) in [4.78, 5) is 15.3. The second-order valence-corrected chi connectivity index (χ2v) is 4.92. The lowest BCUT2D eigenvalue weighted by atomic mass is 10.0. The van der Waals surface area contributed by atoms with Crippen LogP contribution in [0.1, 0.15) is 46.9 Å². The monoisotopic (exact) mass is 227 g/mol. The van der Waals surface area contributed by atoms with Gasteiger partial charge >= 0.3 is 0 Å². The minimum absolute atomic E-state index is 0.242. The third-order valence-electron chi connectivity index (χ3n) is 3.80. The van der Waals surface area contributed by atoms with E-state index >= 15 is 0 Å². The second-order valence-electron chi connectivity index (χ2n) is 4.92. The molecule has 0 aliphatic heterocycles. The first-order chi connectivity index (χ1) is 8.20. The van der Waals surface area contributed by atoms with Crippen LogP contribution in [-0.4, -0.2) is 10.8 Å². The summed E-state index contributed by atoms with van der Waals surface area (Å²) in [6, 6.07) is 4.46. The van der Waals surface area contributed by atoms with E-state index in [0.717, 1.165) is 28.6 Å². The van der Waals surface area contributed by atoms with Gasteiger partial charge in [0.1, 0.15) is 0 Å². The summed E-state index contributed by atoms with van der Waals surface area (Å²) >= 11 is 0. The molecule has 0 unspecified atom stereocenters. The molecule has 0 saturated heterocycles. The van der Waals surface area contributed by atoms with E-state index in [2.05, 4.69) is 17.1 Å². The Labute approximate surface area is 101 Å². The Morgan fingerprint density at radius 2 is 2.00 bits per heavy atom. The van der Waals surface area contributed by atoms with Gasteiger partial charge in [-0.2, -0.15) is 0 Å². The lowest BCUT2D eigenvalue weighted by Gasteiger charge is -2.01. The van der Waals surface area contributed by atoms with Gasteiger partial charge in [-0.05, 0) is 49.4 Å². The zero-order valence-electron chi connectivity index (χ0n) is 10.4. The zero-order chi connectivity index (χ0) is 12.0. The van der Waals surface area contributed by atoms with Crippen LogP contribution in [0.4, 0.5) is 0 Å². The van der Waals surface area contributed by atoms with Gasteiger partial charge in [-0.25, -0.2) is 0 Å². The molecule has 0 bridgehead atoms. The van der Waals surface area contributed by atoms with Gasteiger partial charge in [0.25, 0.3) is 0 Å². The lowest BCUT2D eigenvalue weighted by molar-refractivity contribution is 0.0989. The van der Waals surface area contributed by atoms with E-state index in [1.165, 1.54) is 24.0 Å². The molecule has 0 fully saturated rings. The van der Waals surface area contributed by atoms with Gasteiger partial charge in [0, 0.05) is 28.6 Å². The maximum atomic E-state index is 12.0. The fourth-order valence-electron chi connectivity index (χ4n) is 2.94. The summed E-state index contributed by atoms with van der Waals surface area (Å²) in [5.41, 5.74) is 5.92. The number of nitrogens with one attached hydrogen (secondary N) is 1. The fourth-order valence-corrected chi connectivity index (χ4v) is 2.94. The minimum atomic E-state index is 0.242. The highest BCUT2D eigenvalue weighted by molar-refractivity contribution is 6.09. The summed E-state index contributed by atoms with van der Waals surface area (Å²) in [6.45, 7) is 3.92. The first-order valence-electron chi connectivity index (χ1n) is 6.38. The SMILES string of the molecule is CCC(=O)c1c(C)[nH]c2cc3c(cc12)CCC3. The Morgan fingerprint density at radius 3 is 2.71 bits per heavy atom. The maximum Gasteiger partial charge on any atom is 0.165 e. The van der Waals surface area contributed by atoms with Crippen molar-refractivity contribution in [2.45, 2.75) is 39.5 Å². The van der Waals surface area contributed by atoms with Crippen LogP contribution in [0, 0.1) is 6.92 Å². The largest absolute Gasteiger partial charge is 0.358 e. The van der Waals surface area contributed by atoms with Crippen molar-refractivity contribution in [2.75, 3.05) is 0 Å². The van der Waals surface area contributed by atoms with E-state index in [0.29, 0.717) is 6.42 Å². The van der Waals surface area contributed by atoms with Crippen molar-refractivity contribution in [2.24, 2.45) is 0 Å². The van der Waals surface area contributed by atoms with Crippen molar-refractivity contribution in [3.05, 3.63) is 34.5 Å². The van der Waals surface area contributed by atoms with Crippen LogP contribution in [0.3, 0.4) is 0 Å². The molecular formula is C15H17NO.